The monoisotopic (exact) mass is 822 g/mol. The molecule has 0 bridgehead atoms. The van der Waals surface area contributed by atoms with Crippen LogP contribution >= 0.6 is 68.7 Å². The van der Waals surface area contributed by atoms with Gasteiger partial charge in [0.05, 0.1) is 29.9 Å². The number of aromatic nitrogens is 1. The molecule has 1 aliphatic rings. The molecular weight excluding hydrogens is 803 g/mol. The molecule has 0 saturated carbocycles. The number of esters is 1. The van der Waals surface area contributed by atoms with E-state index >= 15 is 0 Å². The number of hydrogen-bond donors (Lipinski definition) is 0. The van der Waals surface area contributed by atoms with Crippen molar-refractivity contribution in [2.24, 2.45) is 4.99 Å². The third-order valence-electron chi connectivity index (χ3n) is 6.72. The number of ether oxygens (including phenoxy) is 3. The lowest BCUT2D eigenvalue weighted by molar-refractivity contribution is -0.140. The lowest BCUT2D eigenvalue weighted by Crippen LogP contribution is -2.41. The van der Waals surface area contributed by atoms with Crippen LogP contribution in [0.5, 0.6) is 11.5 Å². The van der Waals surface area contributed by atoms with E-state index < -0.39 is 35.0 Å². The molecule has 5 rings (SSSR count). The van der Waals surface area contributed by atoms with Crippen LogP contribution in [0, 0.1) is 3.57 Å². The number of carbonyl (C=O) groups excluding carboxylic acids is 1. The van der Waals surface area contributed by atoms with E-state index in [2.05, 4.69) is 27.6 Å². The van der Waals surface area contributed by atoms with Gasteiger partial charge in [-0.1, -0.05) is 64.3 Å². The molecule has 0 unspecified atom stereocenters. The maximum atomic E-state index is 14.4. The Morgan fingerprint density at radius 3 is 2.41 bits per heavy atom. The lowest BCUT2D eigenvalue weighted by atomic mass is 9.95. The van der Waals surface area contributed by atoms with E-state index in [1.54, 1.807) is 30.3 Å². The molecule has 1 aromatic heterocycles. The van der Waals surface area contributed by atoms with Gasteiger partial charge in [-0.2, -0.15) is 13.2 Å². The van der Waals surface area contributed by atoms with Gasteiger partial charge in [-0.3, -0.25) is 9.36 Å². The number of benzene rings is 3. The van der Waals surface area contributed by atoms with Crippen molar-refractivity contribution < 1.29 is 32.2 Å². The second-order valence-corrected chi connectivity index (χ2v) is 13.2. The van der Waals surface area contributed by atoms with Crippen molar-refractivity contribution in [3.05, 3.63) is 121 Å². The maximum Gasteiger partial charge on any atom is 0.434 e. The average molecular weight is 824 g/mol. The number of halogens is 7. The summed E-state index contributed by atoms with van der Waals surface area (Å²) in [5.41, 5.74) is -1.70. The van der Waals surface area contributed by atoms with Gasteiger partial charge in [0.15, 0.2) is 22.0 Å². The third-order valence-corrected chi connectivity index (χ3v) is 9.17. The fourth-order valence-electron chi connectivity index (χ4n) is 4.73. The molecule has 0 aliphatic carbocycles. The molecule has 1 atom stereocenters. The zero-order valence-corrected chi connectivity index (χ0v) is 29.0. The summed E-state index contributed by atoms with van der Waals surface area (Å²) >= 11 is 21.2. The first-order valence-corrected chi connectivity index (χ1v) is 16.3. The van der Waals surface area contributed by atoms with Crippen LogP contribution < -0.4 is 24.4 Å². The summed E-state index contributed by atoms with van der Waals surface area (Å²) in [4.78, 5) is 30.7. The van der Waals surface area contributed by atoms with Gasteiger partial charge >= 0.3 is 12.1 Å². The van der Waals surface area contributed by atoms with Gasteiger partial charge in [-0.25, -0.2) is 9.79 Å². The summed E-state index contributed by atoms with van der Waals surface area (Å²) in [5.74, 6) is -0.636. The normalized spacial score (nSPS) is 15.0. The first-order valence-electron chi connectivity index (χ1n) is 13.3. The summed E-state index contributed by atoms with van der Waals surface area (Å²) in [6, 6.07) is 12.7. The summed E-state index contributed by atoms with van der Waals surface area (Å²) < 4.78 is 61.8. The number of thiazole rings is 1. The van der Waals surface area contributed by atoms with E-state index in [0.29, 0.717) is 31.9 Å². The van der Waals surface area contributed by atoms with Crippen LogP contribution in [0.1, 0.15) is 29.7 Å². The van der Waals surface area contributed by atoms with Crippen molar-refractivity contribution in [2.45, 2.75) is 25.7 Å². The molecule has 4 aromatic rings. The molecule has 240 valence electrons. The number of nitrogens with zero attached hydrogens (tertiary/aromatic N) is 2. The van der Waals surface area contributed by atoms with E-state index in [0.717, 1.165) is 19.5 Å². The Bertz CT molecular complexity index is 2050. The zero-order chi connectivity index (χ0) is 33.3. The quantitative estimate of drug-likeness (QED) is 0.136. The molecule has 0 N–H and O–H groups in total. The Balaban J connectivity index is 1.72. The van der Waals surface area contributed by atoms with Gasteiger partial charge in [0, 0.05) is 29.8 Å². The second kappa shape index (κ2) is 14.0. The highest BCUT2D eigenvalue weighted by atomic mass is 127. The van der Waals surface area contributed by atoms with Crippen molar-refractivity contribution in [3.8, 4) is 11.5 Å². The molecule has 7 nitrogen and oxygen atoms in total. The fraction of sp³-hybridized carbons (Fsp3) is 0.194. The molecule has 0 amide bonds. The molecular formula is C31H21Cl3F3IN2O5S. The van der Waals surface area contributed by atoms with Crippen LogP contribution in [0.3, 0.4) is 0 Å². The SMILES string of the molecule is CCOC(=O)C1=C(C(F)(F)F)N=c2s/c(=C\c3cc(I)cc(OC)c3OCc3ccc(Cl)cc3Cl)c(=O)n2[C@@H]1c1ccc(Cl)cc1. The van der Waals surface area contributed by atoms with Crippen LogP contribution in [0.2, 0.25) is 15.1 Å². The number of allylic oxidation sites excluding steroid dienone is 1. The van der Waals surface area contributed by atoms with Crippen molar-refractivity contribution in [1.82, 2.24) is 4.57 Å². The van der Waals surface area contributed by atoms with Crippen molar-refractivity contribution in [2.75, 3.05) is 13.7 Å². The molecule has 15 heteroatoms. The Morgan fingerprint density at radius 2 is 1.78 bits per heavy atom. The highest BCUT2D eigenvalue weighted by molar-refractivity contribution is 14.1. The van der Waals surface area contributed by atoms with Crippen molar-refractivity contribution >= 4 is 80.8 Å². The van der Waals surface area contributed by atoms with Gasteiger partial charge < -0.3 is 14.2 Å². The van der Waals surface area contributed by atoms with Gasteiger partial charge in [0.25, 0.3) is 5.56 Å². The largest absolute Gasteiger partial charge is 0.493 e. The van der Waals surface area contributed by atoms with Crippen LogP contribution in [-0.2, 0) is 16.1 Å². The molecule has 46 heavy (non-hydrogen) atoms. The van der Waals surface area contributed by atoms with Crippen LogP contribution in [-0.4, -0.2) is 30.4 Å². The van der Waals surface area contributed by atoms with Crippen LogP contribution in [0.4, 0.5) is 13.2 Å². The first-order chi connectivity index (χ1) is 21.8. The fourth-order valence-corrected chi connectivity index (χ4v) is 6.93. The molecule has 2 heterocycles. The number of alkyl halides is 3. The van der Waals surface area contributed by atoms with Crippen molar-refractivity contribution in [3.63, 3.8) is 0 Å². The highest BCUT2D eigenvalue weighted by Crippen LogP contribution is 2.39. The summed E-state index contributed by atoms with van der Waals surface area (Å²) in [6.07, 6.45) is -3.55. The number of hydrogen-bond acceptors (Lipinski definition) is 7. The zero-order valence-electron chi connectivity index (χ0n) is 23.8. The number of rotatable bonds is 8. The smallest absolute Gasteiger partial charge is 0.434 e. The number of fused-ring (bicyclic) bond motifs is 1. The van der Waals surface area contributed by atoms with Crippen molar-refractivity contribution in [1.29, 1.82) is 0 Å². The summed E-state index contributed by atoms with van der Waals surface area (Å²) in [7, 11) is 1.45. The second-order valence-electron chi connectivity index (χ2n) is 9.67. The molecule has 3 aromatic carbocycles. The van der Waals surface area contributed by atoms with Gasteiger partial charge in [-0.05, 0) is 77.6 Å². The maximum absolute atomic E-state index is 14.4. The Morgan fingerprint density at radius 1 is 1.09 bits per heavy atom. The summed E-state index contributed by atoms with van der Waals surface area (Å²) in [5, 5.41) is 1.15. The molecule has 0 radical (unpaired) electrons. The predicted molar refractivity (Wildman–Crippen MR) is 179 cm³/mol. The van der Waals surface area contributed by atoms with E-state index in [4.69, 9.17) is 49.0 Å². The Labute approximate surface area is 292 Å². The minimum atomic E-state index is -5.03. The van der Waals surface area contributed by atoms with E-state index in [9.17, 15) is 22.8 Å². The van der Waals surface area contributed by atoms with E-state index in [-0.39, 0.29) is 33.9 Å². The minimum Gasteiger partial charge on any atom is -0.493 e. The van der Waals surface area contributed by atoms with Gasteiger partial charge in [0.2, 0.25) is 0 Å². The minimum absolute atomic E-state index is 0.0173. The Kier molecular flexibility index (Phi) is 10.4. The molecule has 0 spiro atoms. The van der Waals surface area contributed by atoms with E-state index in [1.165, 1.54) is 44.4 Å². The predicted octanol–water partition coefficient (Wildman–Crippen LogP) is 7.49. The third kappa shape index (κ3) is 7.10. The van der Waals surface area contributed by atoms with Gasteiger partial charge in [0.1, 0.15) is 6.61 Å². The number of methoxy groups -OCH3 is 1. The van der Waals surface area contributed by atoms with Crippen LogP contribution in [0.15, 0.2) is 75.7 Å². The van der Waals surface area contributed by atoms with E-state index in [1.807, 2.05) is 0 Å². The average Bonchev–Trinajstić information content (AvgIpc) is 3.30. The molecule has 0 fully saturated rings. The Hall–Kier alpha value is -3.04. The van der Waals surface area contributed by atoms with Crippen LogP contribution in [0.25, 0.3) is 6.08 Å². The standard InChI is InChI=1S/C31H21Cl3F3IN2O5S/c1-3-44-29(42)24-25(15-4-7-18(32)8-5-15)40-28(41)23(46-30(40)39-27(24)31(35,36)37)11-17-10-20(38)13-22(43-2)26(17)45-14-16-6-9-19(33)12-21(16)34/h4-13,25H,3,14H2,1-2H3/b23-11-/t25-/m1/s1. The number of carbonyl (C=O) groups is 1. The first kappa shape index (κ1) is 34.3. The van der Waals surface area contributed by atoms with Gasteiger partial charge in [-0.15, -0.1) is 0 Å². The summed E-state index contributed by atoms with van der Waals surface area (Å²) in [6.45, 7) is 1.29. The molecule has 0 saturated heterocycles. The lowest BCUT2D eigenvalue weighted by Gasteiger charge is -2.26. The molecule has 1 aliphatic heterocycles. The topological polar surface area (TPSA) is 79.1 Å². The highest BCUT2D eigenvalue weighted by Gasteiger charge is 2.45.